The molecule has 1 aliphatic carbocycles. The largest absolute Gasteiger partial charge is 0.481 e. The molecule has 2 aromatic rings. The van der Waals surface area contributed by atoms with Gasteiger partial charge in [0.1, 0.15) is 5.75 Å². The van der Waals surface area contributed by atoms with Crippen LogP contribution in [-0.4, -0.2) is 12.0 Å². The molecular weight excluding hydrogens is 310 g/mol. The van der Waals surface area contributed by atoms with Crippen molar-refractivity contribution in [3.05, 3.63) is 65.2 Å². The number of carbonyl (C=O) groups excluding carboxylic acids is 1. The number of para-hydroxylation sites is 1. The second-order valence-corrected chi connectivity index (χ2v) is 6.78. The lowest BCUT2D eigenvalue weighted by Crippen LogP contribution is -2.38. The third-order valence-corrected chi connectivity index (χ3v) is 4.92. The first-order valence-electron chi connectivity index (χ1n) is 9.31. The normalized spacial score (nSPS) is 15.8. The Hall–Kier alpha value is -2.29. The molecular formula is C22H27NO2. The predicted molar refractivity (Wildman–Crippen MR) is 101 cm³/mol. The molecule has 3 heteroatoms. The number of fused-ring (bicyclic) bond motifs is 1. The van der Waals surface area contributed by atoms with Crippen molar-refractivity contribution in [1.29, 1.82) is 0 Å². The number of hydrogen-bond acceptors (Lipinski definition) is 2. The maximum atomic E-state index is 12.5. The highest BCUT2D eigenvalue weighted by Gasteiger charge is 2.20. The van der Waals surface area contributed by atoms with Crippen LogP contribution in [0, 0.1) is 0 Å². The molecule has 2 aromatic carbocycles. The summed E-state index contributed by atoms with van der Waals surface area (Å²) in [5.41, 5.74) is 4.12. The lowest BCUT2D eigenvalue weighted by molar-refractivity contribution is -0.128. The number of rotatable bonds is 6. The molecule has 1 aliphatic rings. The number of carbonyl (C=O) groups is 1. The van der Waals surface area contributed by atoms with Crippen LogP contribution in [0.25, 0.3) is 0 Å². The van der Waals surface area contributed by atoms with Crippen LogP contribution < -0.4 is 10.1 Å². The quantitative estimate of drug-likeness (QED) is 0.836. The molecule has 3 rings (SSSR count). The van der Waals surface area contributed by atoms with Gasteiger partial charge in [-0.2, -0.15) is 0 Å². The van der Waals surface area contributed by atoms with Gasteiger partial charge in [0.2, 0.25) is 0 Å². The highest BCUT2D eigenvalue weighted by atomic mass is 16.5. The van der Waals surface area contributed by atoms with Gasteiger partial charge in [0.05, 0.1) is 6.04 Å². The Labute approximate surface area is 150 Å². The van der Waals surface area contributed by atoms with Crippen molar-refractivity contribution in [2.24, 2.45) is 0 Å². The minimum atomic E-state index is -0.519. The molecule has 0 aromatic heterocycles. The summed E-state index contributed by atoms with van der Waals surface area (Å²) in [6.45, 7) is 3.90. The first-order valence-corrected chi connectivity index (χ1v) is 9.31. The van der Waals surface area contributed by atoms with Crippen molar-refractivity contribution in [3.63, 3.8) is 0 Å². The second-order valence-electron chi connectivity index (χ2n) is 6.78. The van der Waals surface area contributed by atoms with Crippen molar-refractivity contribution in [2.45, 2.75) is 58.1 Å². The summed E-state index contributed by atoms with van der Waals surface area (Å²) in [5.74, 6) is 0.639. The van der Waals surface area contributed by atoms with Crippen LogP contribution in [-0.2, 0) is 17.6 Å². The lowest BCUT2D eigenvalue weighted by atomic mass is 9.89. The van der Waals surface area contributed by atoms with E-state index in [4.69, 9.17) is 4.74 Å². The number of amides is 1. The summed E-state index contributed by atoms with van der Waals surface area (Å²) < 4.78 is 5.74. The van der Waals surface area contributed by atoms with Gasteiger partial charge in [-0.05, 0) is 67.9 Å². The van der Waals surface area contributed by atoms with E-state index in [0.29, 0.717) is 5.75 Å². The van der Waals surface area contributed by atoms with Crippen molar-refractivity contribution in [1.82, 2.24) is 5.32 Å². The van der Waals surface area contributed by atoms with Gasteiger partial charge in [-0.25, -0.2) is 0 Å². The molecule has 0 saturated carbocycles. The zero-order valence-electron chi connectivity index (χ0n) is 15.1. The van der Waals surface area contributed by atoms with Gasteiger partial charge in [0.25, 0.3) is 5.91 Å². The molecule has 0 saturated heterocycles. The second kappa shape index (κ2) is 8.19. The molecule has 0 bridgehead atoms. The number of nitrogens with one attached hydrogen (secondary N) is 1. The van der Waals surface area contributed by atoms with Crippen molar-refractivity contribution >= 4 is 5.91 Å². The van der Waals surface area contributed by atoms with Crippen molar-refractivity contribution in [3.8, 4) is 5.75 Å². The first kappa shape index (κ1) is 17.5. The lowest BCUT2D eigenvalue weighted by Gasteiger charge is -2.23. The third kappa shape index (κ3) is 4.41. The Morgan fingerprint density at radius 3 is 2.52 bits per heavy atom. The van der Waals surface area contributed by atoms with Gasteiger partial charge in [-0.15, -0.1) is 0 Å². The van der Waals surface area contributed by atoms with Crippen molar-refractivity contribution in [2.75, 3.05) is 0 Å². The fourth-order valence-corrected chi connectivity index (χ4v) is 3.44. The van der Waals surface area contributed by atoms with E-state index in [1.54, 1.807) is 6.92 Å². The van der Waals surface area contributed by atoms with Gasteiger partial charge in [-0.3, -0.25) is 4.79 Å². The molecule has 1 amide bonds. The molecule has 0 radical (unpaired) electrons. The minimum Gasteiger partial charge on any atom is -0.481 e. The summed E-state index contributed by atoms with van der Waals surface area (Å²) in [6.07, 6.45) is 5.23. The van der Waals surface area contributed by atoms with E-state index in [1.807, 2.05) is 30.3 Å². The molecule has 0 aliphatic heterocycles. The van der Waals surface area contributed by atoms with E-state index in [0.717, 1.165) is 12.8 Å². The van der Waals surface area contributed by atoms with E-state index in [2.05, 4.69) is 30.4 Å². The monoisotopic (exact) mass is 337 g/mol. The van der Waals surface area contributed by atoms with Gasteiger partial charge in [0.15, 0.2) is 6.10 Å². The van der Waals surface area contributed by atoms with Crippen LogP contribution in [0.5, 0.6) is 5.75 Å². The van der Waals surface area contributed by atoms with Crippen LogP contribution in [0.3, 0.4) is 0 Å². The minimum absolute atomic E-state index is 0.0292. The third-order valence-electron chi connectivity index (χ3n) is 4.92. The van der Waals surface area contributed by atoms with Crippen LogP contribution in [0.15, 0.2) is 48.5 Å². The number of ether oxygens (including phenoxy) is 1. The fourth-order valence-electron chi connectivity index (χ4n) is 3.44. The molecule has 132 valence electrons. The standard InChI is InChI=1S/C22H27NO2/c1-3-21(19-14-13-17-9-7-8-10-18(17)15-19)23-22(24)16(2)25-20-11-5-4-6-12-20/h4-6,11-16,21H,3,7-10H2,1-2H3,(H,23,24)/t16-,21-/m0/s1. The Morgan fingerprint density at radius 1 is 1.08 bits per heavy atom. The summed E-state index contributed by atoms with van der Waals surface area (Å²) in [6, 6.07) is 16.2. The maximum absolute atomic E-state index is 12.5. The average molecular weight is 337 g/mol. The zero-order chi connectivity index (χ0) is 17.6. The Balaban J connectivity index is 1.66. The van der Waals surface area contributed by atoms with Crippen molar-refractivity contribution < 1.29 is 9.53 Å². The van der Waals surface area contributed by atoms with Crippen LogP contribution in [0.2, 0.25) is 0 Å². The van der Waals surface area contributed by atoms with Gasteiger partial charge >= 0.3 is 0 Å². The van der Waals surface area contributed by atoms with Gasteiger partial charge in [0, 0.05) is 0 Å². The predicted octanol–water partition coefficient (Wildman–Crippen LogP) is 4.60. The Kier molecular flexibility index (Phi) is 5.75. The molecule has 25 heavy (non-hydrogen) atoms. The first-order chi connectivity index (χ1) is 12.2. The molecule has 1 N–H and O–H groups in total. The molecule has 2 atom stereocenters. The van der Waals surface area contributed by atoms with Crippen LogP contribution in [0.4, 0.5) is 0 Å². The highest BCUT2D eigenvalue weighted by Crippen LogP contribution is 2.26. The van der Waals surface area contributed by atoms with E-state index in [-0.39, 0.29) is 11.9 Å². The van der Waals surface area contributed by atoms with Gasteiger partial charge < -0.3 is 10.1 Å². The van der Waals surface area contributed by atoms with E-state index < -0.39 is 6.10 Å². The Morgan fingerprint density at radius 2 is 1.80 bits per heavy atom. The Bertz CT molecular complexity index is 711. The zero-order valence-corrected chi connectivity index (χ0v) is 15.1. The highest BCUT2D eigenvalue weighted by molar-refractivity contribution is 5.81. The topological polar surface area (TPSA) is 38.3 Å². The molecule has 0 fully saturated rings. The van der Waals surface area contributed by atoms with E-state index in [9.17, 15) is 4.79 Å². The number of aryl methyl sites for hydroxylation is 2. The van der Waals surface area contributed by atoms with Crippen LogP contribution >= 0.6 is 0 Å². The number of hydrogen-bond donors (Lipinski definition) is 1. The van der Waals surface area contributed by atoms with E-state index in [1.165, 1.54) is 36.0 Å². The summed E-state index contributed by atoms with van der Waals surface area (Å²) in [4.78, 5) is 12.5. The molecule has 0 heterocycles. The summed E-state index contributed by atoms with van der Waals surface area (Å²) in [5, 5.41) is 3.15. The maximum Gasteiger partial charge on any atom is 0.261 e. The fraction of sp³-hybridized carbons (Fsp3) is 0.409. The van der Waals surface area contributed by atoms with Crippen LogP contribution in [0.1, 0.15) is 55.8 Å². The smallest absolute Gasteiger partial charge is 0.261 e. The molecule has 0 unspecified atom stereocenters. The SMILES string of the molecule is CC[C@H](NC(=O)[C@H](C)Oc1ccccc1)c1ccc2c(c1)CCCC2. The van der Waals surface area contributed by atoms with Gasteiger partial charge in [-0.1, -0.05) is 43.3 Å². The number of benzene rings is 2. The average Bonchev–Trinajstić information content (AvgIpc) is 2.66. The molecule has 0 spiro atoms. The molecule has 3 nitrogen and oxygen atoms in total. The summed E-state index contributed by atoms with van der Waals surface area (Å²) in [7, 11) is 0. The summed E-state index contributed by atoms with van der Waals surface area (Å²) >= 11 is 0. The van der Waals surface area contributed by atoms with E-state index >= 15 is 0 Å².